The highest BCUT2D eigenvalue weighted by Crippen LogP contribution is 2.21. The Morgan fingerprint density at radius 3 is 2.65 bits per heavy atom. The third-order valence-electron chi connectivity index (χ3n) is 4.04. The predicted octanol–water partition coefficient (Wildman–Crippen LogP) is 4.13. The van der Waals surface area contributed by atoms with Crippen molar-refractivity contribution < 1.29 is 9.47 Å². The monoisotopic (exact) mass is 370 g/mol. The number of nitrogens with zero attached hydrogens (tertiary/aromatic N) is 3. The van der Waals surface area contributed by atoms with Crippen molar-refractivity contribution in [1.29, 1.82) is 0 Å². The Balaban J connectivity index is 1.63. The van der Waals surface area contributed by atoms with Crippen molar-refractivity contribution in [2.24, 2.45) is 0 Å². The number of hydrogen-bond donors (Lipinski definition) is 1. The lowest BCUT2D eigenvalue weighted by atomic mass is 10.2. The van der Waals surface area contributed by atoms with Gasteiger partial charge in [-0.3, -0.25) is 0 Å². The van der Waals surface area contributed by atoms with E-state index in [0.717, 1.165) is 41.1 Å². The summed E-state index contributed by atoms with van der Waals surface area (Å²) in [4.78, 5) is 8.97. The molecule has 7 heteroatoms. The van der Waals surface area contributed by atoms with E-state index in [9.17, 15) is 0 Å². The van der Waals surface area contributed by atoms with Crippen molar-refractivity contribution in [3.05, 3.63) is 42.9 Å². The van der Waals surface area contributed by atoms with Crippen molar-refractivity contribution in [1.82, 2.24) is 14.4 Å². The molecule has 26 heavy (non-hydrogen) atoms. The summed E-state index contributed by atoms with van der Waals surface area (Å²) in [6, 6.07) is 8.93. The summed E-state index contributed by atoms with van der Waals surface area (Å²) in [5, 5.41) is 3.01. The van der Waals surface area contributed by atoms with Crippen LogP contribution in [0, 0.1) is 0 Å². The molecule has 0 unspecified atom stereocenters. The third-order valence-corrected chi connectivity index (χ3v) is 5.75. The Morgan fingerprint density at radius 2 is 1.96 bits per heavy atom. The molecule has 0 aromatic carbocycles. The minimum absolute atomic E-state index is 0.271. The zero-order chi connectivity index (χ0) is 18.6. The number of imidazole rings is 1. The molecule has 3 aromatic rings. The van der Waals surface area contributed by atoms with Crippen LogP contribution in [0.15, 0.2) is 42.9 Å². The molecule has 0 radical (unpaired) electrons. The van der Waals surface area contributed by atoms with Gasteiger partial charge >= 0.3 is 0 Å². The molecule has 6 nitrogen and oxygen atoms in total. The summed E-state index contributed by atoms with van der Waals surface area (Å²) in [6.07, 6.45) is 5.71. The lowest BCUT2D eigenvalue weighted by molar-refractivity contribution is 0.0218. The Morgan fingerprint density at radius 1 is 1.12 bits per heavy atom. The van der Waals surface area contributed by atoms with Crippen LogP contribution in [-0.4, -0.2) is 42.9 Å². The minimum atomic E-state index is -1.06. The van der Waals surface area contributed by atoms with E-state index in [1.54, 1.807) is 0 Å². The average Bonchev–Trinajstić information content (AvgIpc) is 3.04. The van der Waals surface area contributed by atoms with Crippen LogP contribution in [0.3, 0.4) is 0 Å². The van der Waals surface area contributed by atoms with Crippen LogP contribution in [0.4, 0.5) is 5.82 Å². The smallest absolute Gasteiger partial charge is 0.189 e. The van der Waals surface area contributed by atoms with Gasteiger partial charge in [0.2, 0.25) is 0 Å². The van der Waals surface area contributed by atoms with E-state index >= 15 is 0 Å². The molecule has 3 rings (SSSR count). The van der Waals surface area contributed by atoms with E-state index in [4.69, 9.17) is 9.47 Å². The lowest BCUT2D eigenvalue weighted by Crippen LogP contribution is -2.22. The van der Waals surface area contributed by atoms with Gasteiger partial charge in [-0.1, -0.05) is 19.6 Å². The third kappa shape index (κ3) is 4.83. The summed E-state index contributed by atoms with van der Waals surface area (Å²) in [6.45, 7) is 8.03. The van der Waals surface area contributed by atoms with Gasteiger partial charge in [0.05, 0.1) is 11.9 Å². The average molecular weight is 371 g/mol. The van der Waals surface area contributed by atoms with Crippen LogP contribution in [0.25, 0.3) is 16.9 Å². The molecule has 138 valence electrons. The Bertz CT molecular complexity index is 856. The molecule has 3 heterocycles. The van der Waals surface area contributed by atoms with Gasteiger partial charge in [0, 0.05) is 39.7 Å². The van der Waals surface area contributed by atoms with Crippen molar-refractivity contribution in [3.8, 4) is 17.0 Å². The van der Waals surface area contributed by atoms with Crippen LogP contribution in [-0.2, 0) is 4.74 Å². The number of rotatable bonds is 8. The van der Waals surface area contributed by atoms with E-state index in [-0.39, 0.29) is 6.79 Å². The first-order valence-electron chi connectivity index (χ1n) is 8.78. The molecule has 0 saturated carbocycles. The van der Waals surface area contributed by atoms with Crippen molar-refractivity contribution in [3.63, 3.8) is 0 Å². The van der Waals surface area contributed by atoms with E-state index in [0.29, 0.717) is 0 Å². The molecule has 0 aliphatic heterocycles. The number of hydrogen-bond acceptors (Lipinski definition) is 5. The first kappa shape index (κ1) is 18.4. The molecule has 0 aliphatic rings. The number of anilines is 1. The normalized spacial score (nSPS) is 11.7. The second kappa shape index (κ2) is 7.88. The van der Waals surface area contributed by atoms with Crippen molar-refractivity contribution in [2.45, 2.75) is 25.7 Å². The second-order valence-electron chi connectivity index (χ2n) is 7.42. The van der Waals surface area contributed by atoms with Gasteiger partial charge in [0.15, 0.2) is 6.79 Å². The summed E-state index contributed by atoms with van der Waals surface area (Å²) >= 11 is 0. The van der Waals surface area contributed by atoms with Gasteiger partial charge in [-0.15, -0.1) is 0 Å². The largest absolute Gasteiger partial charge is 0.466 e. The van der Waals surface area contributed by atoms with Gasteiger partial charge in [0.1, 0.15) is 17.2 Å². The number of fused-ring (bicyclic) bond motifs is 1. The summed E-state index contributed by atoms with van der Waals surface area (Å²) < 4.78 is 13.3. The standard InChI is InChI=1S/C19H26N4O2Si/c1-20-18-7-5-15(11-21-18)17-13-23-12-16(6-8-19(23)22-17)25-14-24-9-10-26(2,3)4/h5-8,11-13H,9-10,14H2,1-4H3,(H,20,21). The molecule has 0 bridgehead atoms. The van der Waals surface area contributed by atoms with Gasteiger partial charge in [-0.25, -0.2) is 9.97 Å². The molecule has 0 spiro atoms. The van der Waals surface area contributed by atoms with Crippen LogP contribution < -0.4 is 10.1 Å². The number of pyridine rings is 2. The molecule has 0 aliphatic carbocycles. The van der Waals surface area contributed by atoms with Crippen LogP contribution in [0.5, 0.6) is 5.75 Å². The first-order valence-corrected chi connectivity index (χ1v) is 12.5. The number of ether oxygens (including phenoxy) is 2. The number of nitrogens with one attached hydrogen (secondary N) is 1. The topological polar surface area (TPSA) is 60.7 Å². The van der Waals surface area contributed by atoms with E-state index < -0.39 is 8.07 Å². The maximum atomic E-state index is 5.70. The molecule has 0 amide bonds. The van der Waals surface area contributed by atoms with E-state index in [1.807, 2.05) is 54.3 Å². The zero-order valence-electron chi connectivity index (χ0n) is 15.8. The zero-order valence-corrected chi connectivity index (χ0v) is 16.8. The van der Waals surface area contributed by atoms with Gasteiger partial charge < -0.3 is 19.2 Å². The molecule has 0 fully saturated rings. The van der Waals surface area contributed by atoms with Gasteiger partial charge in [-0.05, 0) is 30.3 Å². The Kier molecular flexibility index (Phi) is 5.58. The highest BCUT2D eigenvalue weighted by Gasteiger charge is 2.12. The lowest BCUT2D eigenvalue weighted by Gasteiger charge is -2.15. The second-order valence-corrected chi connectivity index (χ2v) is 13.0. The molecule has 0 atom stereocenters. The van der Waals surface area contributed by atoms with E-state index in [1.165, 1.54) is 0 Å². The molecule has 1 N–H and O–H groups in total. The predicted molar refractivity (Wildman–Crippen MR) is 108 cm³/mol. The minimum Gasteiger partial charge on any atom is -0.466 e. The summed E-state index contributed by atoms with van der Waals surface area (Å²) in [5.41, 5.74) is 2.72. The maximum absolute atomic E-state index is 5.70. The Labute approximate surface area is 155 Å². The van der Waals surface area contributed by atoms with E-state index in [2.05, 4.69) is 34.9 Å². The first-order chi connectivity index (χ1) is 12.4. The van der Waals surface area contributed by atoms with Crippen LogP contribution in [0.2, 0.25) is 25.7 Å². The molecule has 0 saturated heterocycles. The van der Waals surface area contributed by atoms with Crippen molar-refractivity contribution in [2.75, 3.05) is 25.8 Å². The summed E-state index contributed by atoms with van der Waals surface area (Å²) in [5.74, 6) is 1.60. The fourth-order valence-electron chi connectivity index (χ4n) is 2.44. The molecular formula is C19H26N4O2Si. The fourth-order valence-corrected chi connectivity index (χ4v) is 3.19. The molecular weight excluding hydrogens is 344 g/mol. The number of aromatic nitrogens is 3. The summed E-state index contributed by atoms with van der Waals surface area (Å²) in [7, 11) is 0.790. The molecule has 3 aromatic heterocycles. The Hall–Kier alpha value is -2.38. The van der Waals surface area contributed by atoms with Crippen molar-refractivity contribution >= 4 is 19.5 Å². The highest BCUT2D eigenvalue weighted by atomic mass is 28.3. The highest BCUT2D eigenvalue weighted by molar-refractivity contribution is 6.76. The van der Waals surface area contributed by atoms with Gasteiger partial charge in [-0.2, -0.15) is 0 Å². The SMILES string of the molecule is CNc1ccc(-c2cn3cc(OCOCC[Si](C)(C)C)ccc3n2)cn1. The van der Waals surface area contributed by atoms with Crippen LogP contribution >= 0.6 is 0 Å². The maximum Gasteiger partial charge on any atom is 0.189 e. The quantitative estimate of drug-likeness (QED) is 0.367. The fraction of sp³-hybridized carbons (Fsp3) is 0.368. The van der Waals surface area contributed by atoms with Crippen LogP contribution in [0.1, 0.15) is 0 Å². The van der Waals surface area contributed by atoms with Gasteiger partial charge in [0.25, 0.3) is 0 Å².